The number of anilines is 1. The van der Waals surface area contributed by atoms with Crippen LogP contribution in [0.25, 0.3) is 0 Å². The number of carbonyl (C=O) groups excluding carboxylic acids is 3. The van der Waals surface area contributed by atoms with E-state index in [1.165, 1.54) is 26.2 Å². The van der Waals surface area contributed by atoms with Crippen LogP contribution in [-0.2, 0) is 14.4 Å². The molecular formula is C23H34N5O3+. The smallest absolute Gasteiger partial charge is 0.249 e. The van der Waals surface area contributed by atoms with Gasteiger partial charge in [-0.05, 0) is 44.6 Å². The lowest BCUT2D eigenvalue weighted by molar-refractivity contribution is -0.137. The Morgan fingerprint density at radius 3 is 2.65 bits per heavy atom. The van der Waals surface area contributed by atoms with E-state index in [2.05, 4.69) is 22.5 Å². The molecule has 2 fully saturated rings. The summed E-state index contributed by atoms with van der Waals surface area (Å²) in [6, 6.07) is 1.34. The van der Waals surface area contributed by atoms with E-state index in [0.29, 0.717) is 30.1 Å². The highest BCUT2D eigenvalue weighted by atomic mass is 16.2. The van der Waals surface area contributed by atoms with E-state index < -0.39 is 6.04 Å². The first-order valence-electron chi connectivity index (χ1n) is 11.3. The van der Waals surface area contributed by atoms with Gasteiger partial charge in [-0.15, -0.1) is 0 Å². The molecule has 0 radical (unpaired) electrons. The van der Waals surface area contributed by atoms with Gasteiger partial charge in [-0.1, -0.05) is 19.3 Å². The number of ketones is 1. The van der Waals surface area contributed by atoms with Crippen molar-refractivity contribution in [1.29, 1.82) is 0 Å². The third-order valence-electron chi connectivity index (χ3n) is 6.52. The Morgan fingerprint density at radius 2 is 1.94 bits per heavy atom. The van der Waals surface area contributed by atoms with Crippen molar-refractivity contribution in [1.82, 2.24) is 15.2 Å². The van der Waals surface area contributed by atoms with Crippen LogP contribution in [0.3, 0.4) is 0 Å². The number of pyridine rings is 1. The van der Waals surface area contributed by atoms with Crippen LogP contribution in [0.2, 0.25) is 0 Å². The molecule has 2 amide bonds. The van der Waals surface area contributed by atoms with Crippen LogP contribution in [0.1, 0.15) is 64.4 Å². The lowest BCUT2D eigenvalue weighted by Crippen LogP contribution is -2.51. The lowest BCUT2D eigenvalue weighted by Gasteiger charge is -2.31. The second-order valence-corrected chi connectivity index (χ2v) is 8.69. The molecule has 1 aromatic heterocycles. The van der Waals surface area contributed by atoms with Gasteiger partial charge in [-0.2, -0.15) is 0 Å². The number of aromatic nitrogens is 1. The molecule has 31 heavy (non-hydrogen) atoms. The predicted molar refractivity (Wildman–Crippen MR) is 118 cm³/mol. The number of amides is 2. The average molecular weight is 429 g/mol. The van der Waals surface area contributed by atoms with Crippen molar-refractivity contribution in [2.45, 2.75) is 70.9 Å². The van der Waals surface area contributed by atoms with Gasteiger partial charge in [0.05, 0.1) is 24.0 Å². The first-order valence-corrected chi connectivity index (χ1v) is 11.3. The molecule has 2 atom stereocenters. The largest absolute Gasteiger partial charge is 0.374 e. The van der Waals surface area contributed by atoms with E-state index in [-0.39, 0.29) is 35.9 Å². The van der Waals surface area contributed by atoms with E-state index in [1.54, 1.807) is 23.4 Å². The molecule has 0 bridgehead atoms. The molecular weight excluding hydrogens is 394 g/mol. The summed E-state index contributed by atoms with van der Waals surface area (Å²) in [5, 5.41) is 12.1. The zero-order valence-corrected chi connectivity index (χ0v) is 18.5. The van der Waals surface area contributed by atoms with Crippen LogP contribution in [0.15, 0.2) is 18.5 Å². The molecule has 1 saturated carbocycles. The highest BCUT2D eigenvalue weighted by Gasteiger charge is 2.35. The minimum Gasteiger partial charge on any atom is -0.374 e. The van der Waals surface area contributed by atoms with Gasteiger partial charge in [0, 0.05) is 25.7 Å². The van der Waals surface area contributed by atoms with Crippen molar-refractivity contribution in [3.05, 3.63) is 24.0 Å². The summed E-state index contributed by atoms with van der Waals surface area (Å²) < 4.78 is 0. The van der Waals surface area contributed by atoms with Crippen molar-refractivity contribution in [2.75, 3.05) is 18.4 Å². The van der Waals surface area contributed by atoms with Crippen molar-refractivity contribution >= 4 is 29.0 Å². The Morgan fingerprint density at radius 1 is 1.19 bits per heavy atom. The van der Waals surface area contributed by atoms with E-state index in [4.69, 9.17) is 5.41 Å². The van der Waals surface area contributed by atoms with Crippen LogP contribution in [0.5, 0.6) is 0 Å². The van der Waals surface area contributed by atoms with E-state index in [0.717, 1.165) is 19.3 Å². The molecule has 0 aromatic carbocycles. The summed E-state index contributed by atoms with van der Waals surface area (Å²) in [7, 11) is 0. The second kappa shape index (κ2) is 10.5. The number of Topliss-reactive ketones (excluding diaryl/α,β-unsaturated/α-hetero) is 1. The number of rotatable bonds is 8. The molecule has 3 rings (SSSR count). The third kappa shape index (κ3) is 5.68. The molecule has 1 aliphatic carbocycles. The summed E-state index contributed by atoms with van der Waals surface area (Å²) in [5.41, 5.74) is 1.16. The monoisotopic (exact) mass is 428 g/mol. The highest BCUT2D eigenvalue weighted by Crippen LogP contribution is 2.27. The summed E-state index contributed by atoms with van der Waals surface area (Å²) in [5.74, 6) is 0.0696. The molecule has 1 aromatic rings. The fourth-order valence-electron chi connectivity index (χ4n) is 4.64. The van der Waals surface area contributed by atoms with Gasteiger partial charge in [0.2, 0.25) is 23.3 Å². The van der Waals surface area contributed by atoms with Gasteiger partial charge < -0.3 is 15.5 Å². The number of carbonyl (C=O) groups is 3. The molecule has 1 saturated heterocycles. The third-order valence-corrected chi connectivity index (χ3v) is 6.52. The standard InChI is InChI=1S/C23H33N5O3/c1-15(17-7-4-3-5-8-17)27-23(31)20-9-6-12-28(20)21(30)14-26-19-13-25-11-10-18(19)22(24)16(2)29/h10-11,13,15,17,20,24,26H,3-9,12,14H2,1-2H3,(H,27,31)/p+1/t15-,20?/m0/s1. The Bertz CT molecular complexity index is 834. The molecule has 1 aliphatic heterocycles. The minimum absolute atomic E-state index is 0.00579. The maximum atomic E-state index is 12.9. The van der Waals surface area contributed by atoms with Crippen molar-refractivity contribution < 1.29 is 19.8 Å². The Labute approximate surface area is 183 Å². The zero-order chi connectivity index (χ0) is 22.4. The number of nitrogens with two attached hydrogens (primary N) is 1. The zero-order valence-electron chi connectivity index (χ0n) is 18.5. The van der Waals surface area contributed by atoms with Crippen LogP contribution < -0.4 is 16.0 Å². The average Bonchev–Trinajstić information content (AvgIpc) is 3.28. The van der Waals surface area contributed by atoms with Crippen LogP contribution >= 0.6 is 0 Å². The number of hydrogen-bond donors (Lipinski definition) is 3. The normalized spacial score (nSPS) is 20.2. The molecule has 2 heterocycles. The topological polar surface area (TPSA) is 117 Å². The molecule has 0 spiro atoms. The van der Waals surface area contributed by atoms with Crippen molar-refractivity contribution in [3.63, 3.8) is 0 Å². The fraction of sp³-hybridized carbons (Fsp3) is 0.609. The van der Waals surface area contributed by atoms with Gasteiger partial charge >= 0.3 is 0 Å². The first-order chi connectivity index (χ1) is 14.9. The van der Waals surface area contributed by atoms with Gasteiger partial charge in [-0.3, -0.25) is 24.8 Å². The molecule has 8 nitrogen and oxygen atoms in total. The maximum absolute atomic E-state index is 12.9. The van der Waals surface area contributed by atoms with Gasteiger partial charge in [0.1, 0.15) is 6.04 Å². The van der Waals surface area contributed by atoms with E-state index >= 15 is 0 Å². The molecule has 2 aliphatic rings. The van der Waals surface area contributed by atoms with Crippen LogP contribution in [-0.4, -0.2) is 58.4 Å². The number of hydrogen-bond acceptors (Lipinski definition) is 5. The predicted octanol–water partition coefficient (Wildman–Crippen LogP) is 0.707. The molecule has 4 N–H and O–H groups in total. The summed E-state index contributed by atoms with van der Waals surface area (Å²) in [6.07, 6.45) is 10.6. The van der Waals surface area contributed by atoms with Gasteiger partial charge in [0.15, 0.2) is 0 Å². The summed E-state index contributed by atoms with van der Waals surface area (Å²) >= 11 is 0. The van der Waals surface area contributed by atoms with Crippen LogP contribution in [0.4, 0.5) is 5.69 Å². The van der Waals surface area contributed by atoms with E-state index in [1.807, 2.05) is 0 Å². The quantitative estimate of drug-likeness (QED) is 0.527. The van der Waals surface area contributed by atoms with Gasteiger partial charge in [-0.25, -0.2) is 0 Å². The lowest BCUT2D eigenvalue weighted by atomic mass is 9.84. The second-order valence-electron chi connectivity index (χ2n) is 8.69. The molecule has 1 unspecified atom stereocenters. The first kappa shape index (κ1) is 22.9. The Kier molecular flexibility index (Phi) is 7.76. The highest BCUT2D eigenvalue weighted by molar-refractivity contribution is 6.43. The minimum atomic E-state index is -0.428. The van der Waals surface area contributed by atoms with Gasteiger partial charge in [0.25, 0.3) is 0 Å². The number of nitrogens with one attached hydrogen (secondary N) is 2. The van der Waals surface area contributed by atoms with E-state index in [9.17, 15) is 14.4 Å². The summed E-state index contributed by atoms with van der Waals surface area (Å²) in [4.78, 5) is 43.1. The van der Waals surface area contributed by atoms with Crippen molar-refractivity contribution in [3.8, 4) is 0 Å². The molecule has 8 heteroatoms. The van der Waals surface area contributed by atoms with Crippen molar-refractivity contribution in [2.24, 2.45) is 5.92 Å². The Balaban J connectivity index is 1.58. The number of nitrogens with zero attached hydrogens (tertiary/aromatic N) is 2. The SMILES string of the molecule is CC(=O)C(=[NH2+])c1ccncc1NCC(=O)N1CCCC1C(=O)N[C@@H](C)C1CCCCC1. The number of likely N-dealkylation sites (tertiary alicyclic amines) is 1. The Hall–Kier alpha value is -2.77. The maximum Gasteiger partial charge on any atom is 0.249 e. The molecule has 168 valence electrons. The van der Waals surface area contributed by atoms with Crippen LogP contribution in [0, 0.1) is 5.92 Å². The summed E-state index contributed by atoms with van der Waals surface area (Å²) in [6.45, 7) is 4.05. The fourth-order valence-corrected chi connectivity index (χ4v) is 4.64.